The summed E-state index contributed by atoms with van der Waals surface area (Å²) >= 11 is 1.39. The molecule has 2 heterocycles. The van der Waals surface area contributed by atoms with Crippen LogP contribution >= 0.6 is 11.3 Å². The summed E-state index contributed by atoms with van der Waals surface area (Å²) in [4.78, 5) is 13.5. The third-order valence-corrected chi connectivity index (χ3v) is 3.85. The van der Waals surface area contributed by atoms with Crippen molar-refractivity contribution >= 4 is 22.9 Å². The third kappa shape index (κ3) is 2.38. The van der Waals surface area contributed by atoms with Crippen LogP contribution in [0, 0.1) is 20.8 Å². The van der Waals surface area contributed by atoms with Gasteiger partial charge in [-0.2, -0.15) is 0 Å². The Hall–Kier alpha value is -1.82. The number of nitrogens with zero attached hydrogens (tertiary/aromatic N) is 1. The molecule has 2 aromatic heterocycles. The molecule has 0 aliphatic rings. The molecule has 1 amide bonds. The van der Waals surface area contributed by atoms with Crippen LogP contribution in [0.2, 0.25) is 0 Å². The molecule has 0 unspecified atom stereocenters. The van der Waals surface area contributed by atoms with Gasteiger partial charge in [-0.1, -0.05) is 5.16 Å². The molecule has 0 aromatic carbocycles. The Kier molecular flexibility index (Phi) is 3.38. The average molecular weight is 265 g/mol. The van der Waals surface area contributed by atoms with Crippen LogP contribution in [0.5, 0.6) is 0 Å². The van der Waals surface area contributed by atoms with Gasteiger partial charge in [-0.3, -0.25) is 4.79 Å². The van der Waals surface area contributed by atoms with Gasteiger partial charge in [-0.25, -0.2) is 0 Å². The first-order valence-electron chi connectivity index (χ1n) is 5.55. The molecule has 0 fully saturated rings. The summed E-state index contributed by atoms with van der Waals surface area (Å²) in [7, 11) is 0. The number of hydrogen-bond acceptors (Lipinski definition) is 5. The van der Waals surface area contributed by atoms with Gasteiger partial charge < -0.3 is 15.6 Å². The van der Waals surface area contributed by atoms with Gasteiger partial charge in [0.05, 0.1) is 10.6 Å². The molecule has 0 aliphatic carbocycles. The number of hydrogen-bond donors (Lipinski definition) is 2. The second kappa shape index (κ2) is 4.81. The molecule has 3 N–H and O–H groups in total. The van der Waals surface area contributed by atoms with Gasteiger partial charge in [-0.05, 0) is 26.8 Å². The number of anilines is 1. The predicted molar refractivity (Wildman–Crippen MR) is 70.6 cm³/mol. The standard InChI is InChI=1S/C12H15N3O2S/c1-6-9(7(2)17-15-6)5-14-12(16)11-4-10(13)8(3)18-11/h4H,5,13H2,1-3H3,(H,14,16). The number of aromatic nitrogens is 1. The number of amides is 1. The van der Waals surface area contributed by atoms with Crippen molar-refractivity contribution in [2.24, 2.45) is 0 Å². The lowest BCUT2D eigenvalue weighted by Crippen LogP contribution is -2.22. The van der Waals surface area contributed by atoms with E-state index in [1.54, 1.807) is 6.07 Å². The van der Waals surface area contributed by atoms with E-state index in [1.165, 1.54) is 11.3 Å². The van der Waals surface area contributed by atoms with Gasteiger partial charge in [0.25, 0.3) is 5.91 Å². The topological polar surface area (TPSA) is 81.2 Å². The molecule has 2 rings (SSSR count). The number of thiophene rings is 1. The Bertz CT molecular complexity index is 547. The van der Waals surface area contributed by atoms with Crippen molar-refractivity contribution in [3.8, 4) is 0 Å². The second-order valence-electron chi connectivity index (χ2n) is 4.11. The molecule has 0 atom stereocenters. The second-order valence-corrected chi connectivity index (χ2v) is 5.36. The molecular weight excluding hydrogens is 250 g/mol. The van der Waals surface area contributed by atoms with Crippen molar-refractivity contribution in [2.75, 3.05) is 5.73 Å². The summed E-state index contributed by atoms with van der Waals surface area (Å²) in [6.07, 6.45) is 0. The first kappa shape index (κ1) is 12.6. The lowest BCUT2D eigenvalue weighted by Gasteiger charge is -2.02. The fraction of sp³-hybridized carbons (Fsp3) is 0.333. The van der Waals surface area contributed by atoms with E-state index in [1.807, 2.05) is 20.8 Å². The van der Waals surface area contributed by atoms with Crippen LogP contribution in [0.15, 0.2) is 10.6 Å². The monoisotopic (exact) mass is 265 g/mol. The Morgan fingerprint density at radius 1 is 1.50 bits per heavy atom. The predicted octanol–water partition coefficient (Wildman–Crippen LogP) is 2.17. The average Bonchev–Trinajstić information content (AvgIpc) is 2.82. The zero-order valence-corrected chi connectivity index (χ0v) is 11.4. The molecule has 0 bridgehead atoms. The molecule has 2 aromatic rings. The van der Waals surface area contributed by atoms with Crippen LogP contribution in [-0.4, -0.2) is 11.1 Å². The number of aryl methyl sites for hydroxylation is 3. The summed E-state index contributed by atoms with van der Waals surface area (Å²) < 4.78 is 5.04. The molecule has 96 valence electrons. The highest BCUT2D eigenvalue weighted by Gasteiger charge is 2.13. The Morgan fingerprint density at radius 2 is 2.22 bits per heavy atom. The molecule has 5 nitrogen and oxygen atoms in total. The number of rotatable bonds is 3. The van der Waals surface area contributed by atoms with E-state index in [4.69, 9.17) is 10.3 Å². The van der Waals surface area contributed by atoms with E-state index in [2.05, 4.69) is 10.5 Å². The number of nitrogen functional groups attached to an aromatic ring is 1. The van der Waals surface area contributed by atoms with Crippen LogP contribution in [0.1, 0.15) is 31.6 Å². The van der Waals surface area contributed by atoms with Gasteiger partial charge in [-0.15, -0.1) is 11.3 Å². The van der Waals surface area contributed by atoms with Crippen molar-refractivity contribution in [3.63, 3.8) is 0 Å². The first-order valence-corrected chi connectivity index (χ1v) is 6.36. The van der Waals surface area contributed by atoms with Crippen LogP contribution in [0.25, 0.3) is 0 Å². The molecular formula is C12H15N3O2S. The van der Waals surface area contributed by atoms with Gasteiger partial charge >= 0.3 is 0 Å². The minimum absolute atomic E-state index is 0.125. The van der Waals surface area contributed by atoms with Crippen LogP contribution in [-0.2, 0) is 6.54 Å². The smallest absolute Gasteiger partial charge is 0.261 e. The Morgan fingerprint density at radius 3 is 2.72 bits per heavy atom. The van der Waals surface area contributed by atoms with Crippen molar-refractivity contribution in [3.05, 3.63) is 32.8 Å². The van der Waals surface area contributed by atoms with Gasteiger partial charge in [0.2, 0.25) is 0 Å². The van der Waals surface area contributed by atoms with Crippen LogP contribution in [0.4, 0.5) is 5.69 Å². The Balaban J connectivity index is 2.05. The van der Waals surface area contributed by atoms with E-state index < -0.39 is 0 Å². The summed E-state index contributed by atoms with van der Waals surface area (Å²) in [5.74, 6) is 0.606. The fourth-order valence-electron chi connectivity index (χ4n) is 1.62. The Labute approximate surface area is 109 Å². The lowest BCUT2D eigenvalue weighted by molar-refractivity contribution is 0.0955. The minimum atomic E-state index is -0.125. The summed E-state index contributed by atoms with van der Waals surface area (Å²) in [5.41, 5.74) is 8.10. The van der Waals surface area contributed by atoms with Crippen molar-refractivity contribution < 1.29 is 9.32 Å². The van der Waals surface area contributed by atoms with E-state index in [9.17, 15) is 4.79 Å². The molecule has 0 saturated heterocycles. The van der Waals surface area contributed by atoms with Crippen LogP contribution in [0.3, 0.4) is 0 Å². The fourth-order valence-corrected chi connectivity index (χ4v) is 2.48. The molecule has 0 saturated carbocycles. The van der Waals surface area contributed by atoms with Crippen molar-refractivity contribution in [1.82, 2.24) is 10.5 Å². The maximum absolute atomic E-state index is 11.9. The molecule has 6 heteroatoms. The first-order chi connectivity index (χ1) is 8.49. The highest BCUT2D eigenvalue weighted by atomic mass is 32.1. The minimum Gasteiger partial charge on any atom is -0.398 e. The quantitative estimate of drug-likeness (QED) is 0.891. The summed E-state index contributed by atoms with van der Waals surface area (Å²) in [6.45, 7) is 5.99. The number of carbonyl (C=O) groups excluding carboxylic acids is 1. The zero-order valence-electron chi connectivity index (χ0n) is 10.5. The number of nitrogens with two attached hydrogens (primary N) is 1. The highest BCUT2D eigenvalue weighted by Crippen LogP contribution is 2.23. The van der Waals surface area contributed by atoms with Gasteiger partial charge in [0, 0.05) is 22.7 Å². The van der Waals surface area contributed by atoms with Crippen molar-refractivity contribution in [2.45, 2.75) is 27.3 Å². The van der Waals surface area contributed by atoms with Crippen molar-refractivity contribution in [1.29, 1.82) is 0 Å². The number of nitrogens with one attached hydrogen (secondary N) is 1. The highest BCUT2D eigenvalue weighted by molar-refractivity contribution is 7.14. The van der Waals surface area contributed by atoms with E-state index in [0.29, 0.717) is 17.1 Å². The summed E-state index contributed by atoms with van der Waals surface area (Å²) in [6, 6.07) is 1.70. The largest absolute Gasteiger partial charge is 0.398 e. The van der Waals surface area contributed by atoms with Gasteiger partial charge in [0.1, 0.15) is 5.76 Å². The van der Waals surface area contributed by atoms with Gasteiger partial charge in [0.15, 0.2) is 0 Å². The molecule has 0 radical (unpaired) electrons. The van der Waals surface area contributed by atoms with E-state index >= 15 is 0 Å². The molecule has 0 aliphatic heterocycles. The maximum Gasteiger partial charge on any atom is 0.261 e. The maximum atomic E-state index is 11.9. The molecule has 0 spiro atoms. The third-order valence-electron chi connectivity index (χ3n) is 2.79. The van der Waals surface area contributed by atoms with E-state index in [-0.39, 0.29) is 5.91 Å². The lowest BCUT2D eigenvalue weighted by atomic mass is 10.2. The van der Waals surface area contributed by atoms with Crippen LogP contribution < -0.4 is 11.1 Å². The SMILES string of the molecule is Cc1noc(C)c1CNC(=O)c1cc(N)c(C)s1. The number of carbonyl (C=O) groups is 1. The summed E-state index contributed by atoms with van der Waals surface area (Å²) in [5, 5.41) is 6.68. The van der Waals surface area contributed by atoms with E-state index in [0.717, 1.165) is 21.9 Å². The zero-order chi connectivity index (χ0) is 13.3. The molecule has 18 heavy (non-hydrogen) atoms. The normalized spacial score (nSPS) is 10.6.